The number of halogens is 1. The van der Waals surface area contributed by atoms with Crippen LogP contribution in [0.15, 0.2) is 88.4 Å². The van der Waals surface area contributed by atoms with E-state index in [1.807, 2.05) is 85.8 Å². The molecule has 4 rings (SSSR count). The predicted octanol–water partition coefficient (Wildman–Crippen LogP) is 7.49. The van der Waals surface area contributed by atoms with Crippen LogP contribution < -0.4 is 10.1 Å². The zero-order valence-electron chi connectivity index (χ0n) is 19.9. The summed E-state index contributed by atoms with van der Waals surface area (Å²) < 4.78 is 6.11. The molecule has 5 nitrogen and oxygen atoms in total. The normalized spacial score (nSPS) is 10.5. The molecular formula is C29H24BrN3O2S. The molecule has 1 amide bonds. The Kier molecular flexibility index (Phi) is 8.42. The minimum Gasteiger partial charge on any atom is -0.497 e. The van der Waals surface area contributed by atoms with Gasteiger partial charge in [-0.1, -0.05) is 42.0 Å². The Morgan fingerprint density at radius 2 is 1.75 bits per heavy atom. The molecule has 0 saturated carbocycles. The second-order valence-corrected chi connectivity index (χ2v) is 10.0. The molecule has 36 heavy (non-hydrogen) atoms. The van der Waals surface area contributed by atoms with E-state index in [0.717, 1.165) is 43.9 Å². The van der Waals surface area contributed by atoms with Crippen molar-refractivity contribution < 1.29 is 9.53 Å². The molecule has 0 unspecified atom stereocenters. The Hall–Kier alpha value is -3.60. The first-order valence-electron chi connectivity index (χ1n) is 11.3. The molecule has 0 fully saturated rings. The number of pyridine rings is 1. The maximum absolute atomic E-state index is 12.5. The second kappa shape index (κ2) is 11.9. The molecule has 0 saturated heterocycles. The number of hydrogen-bond acceptors (Lipinski definition) is 5. The molecule has 0 spiro atoms. The highest BCUT2D eigenvalue weighted by Crippen LogP contribution is 2.35. The van der Waals surface area contributed by atoms with E-state index in [1.165, 1.54) is 11.8 Å². The zero-order valence-corrected chi connectivity index (χ0v) is 22.3. The van der Waals surface area contributed by atoms with E-state index in [0.29, 0.717) is 16.3 Å². The van der Waals surface area contributed by atoms with Crippen LogP contribution in [0.4, 0.5) is 5.69 Å². The lowest BCUT2D eigenvalue weighted by Crippen LogP contribution is -2.12. The van der Waals surface area contributed by atoms with Crippen molar-refractivity contribution in [2.45, 2.75) is 18.4 Å². The number of benzene rings is 3. The molecule has 0 aliphatic carbocycles. The molecule has 7 heteroatoms. The quantitative estimate of drug-likeness (QED) is 0.227. The zero-order chi connectivity index (χ0) is 25.5. The lowest BCUT2D eigenvalue weighted by Gasteiger charge is -2.13. The van der Waals surface area contributed by atoms with Crippen LogP contribution in [-0.2, 0) is 4.79 Å². The van der Waals surface area contributed by atoms with E-state index >= 15 is 0 Å². The minimum absolute atomic E-state index is 0.0991. The largest absolute Gasteiger partial charge is 0.497 e. The van der Waals surface area contributed by atoms with Crippen molar-refractivity contribution in [2.75, 3.05) is 18.2 Å². The van der Waals surface area contributed by atoms with E-state index in [-0.39, 0.29) is 12.3 Å². The van der Waals surface area contributed by atoms with Gasteiger partial charge in [0.2, 0.25) is 5.91 Å². The van der Waals surface area contributed by atoms with Crippen molar-refractivity contribution in [3.8, 4) is 34.2 Å². The van der Waals surface area contributed by atoms with E-state index in [2.05, 4.69) is 27.3 Å². The number of anilines is 1. The van der Waals surface area contributed by atoms with Crippen molar-refractivity contribution in [2.24, 2.45) is 0 Å². The fraction of sp³-hybridized carbons (Fsp3) is 0.138. The number of rotatable bonds is 8. The Morgan fingerprint density at radius 3 is 2.42 bits per heavy atom. The maximum Gasteiger partial charge on any atom is 0.225 e. The van der Waals surface area contributed by atoms with Crippen LogP contribution in [0.2, 0.25) is 0 Å². The van der Waals surface area contributed by atoms with Crippen molar-refractivity contribution >= 4 is 39.3 Å². The number of ether oxygens (including phenoxy) is 1. The molecule has 0 atom stereocenters. The number of nitrogens with zero attached hydrogens (tertiary/aromatic N) is 2. The van der Waals surface area contributed by atoms with Gasteiger partial charge in [-0.2, -0.15) is 5.26 Å². The first-order chi connectivity index (χ1) is 17.5. The van der Waals surface area contributed by atoms with Gasteiger partial charge in [-0.15, -0.1) is 11.8 Å². The molecule has 1 N–H and O–H groups in total. The molecule has 3 aromatic carbocycles. The molecule has 1 aromatic heterocycles. The number of carbonyl (C=O) groups excluding carboxylic acids is 1. The summed E-state index contributed by atoms with van der Waals surface area (Å²) in [5.74, 6) is 1.15. The van der Waals surface area contributed by atoms with Gasteiger partial charge < -0.3 is 10.1 Å². The first kappa shape index (κ1) is 25.5. The highest BCUT2D eigenvalue weighted by Gasteiger charge is 2.17. The minimum atomic E-state index is -0.0991. The average Bonchev–Trinajstić information content (AvgIpc) is 2.90. The second-order valence-electron chi connectivity index (χ2n) is 8.07. The summed E-state index contributed by atoms with van der Waals surface area (Å²) in [6.07, 6.45) is 0.283. The number of methoxy groups -OCH3 is 1. The molecule has 180 valence electrons. The fourth-order valence-corrected chi connectivity index (χ4v) is 4.95. The highest BCUT2D eigenvalue weighted by atomic mass is 79.9. The van der Waals surface area contributed by atoms with Crippen LogP contribution in [0.5, 0.6) is 5.75 Å². The molecule has 0 bridgehead atoms. The fourth-order valence-electron chi connectivity index (χ4n) is 3.62. The summed E-state index contributed by atoms with van der Waals surface area (Å²) in [6, 6.07) is 27.6. The third-order valence-electron chi connectivity index (χ3n) is 5.56. The topological polar surface area (TPSA) is 75.0 Å². The Morgan fingerprint density at radius 1 is 1.06 bits per heavy atom. The summed E-state index contributed by atoms with van der Waals surface area (Å²) >= 11 is 4.86. The summed E-state index contributed by atoms with van der Waals surface area (Å²) in [5.41, 5.74) is 5.82. The number of nitriles is 1. The summed E-state index contributed by atoms with van der Waals surface area (Å²) in [4.78, 5) is 17.4. The van der Waals surface area contributed by atoms with E-state index in [4.69, 9.17) is 9.72 Å². The molecule has 1 heterocycles. The average molecular weight is 559 g/mol. The van der Waals surface area contributed by atoms with Gasteiger partial charge in [0, 0.05) is 27.8 Å². The van der Waals surface area contributed by atoms with Crippen LogP contribution in [-0.4, -0.2) is 23.8 Å². The Labute approximate surface area is 223 Å². The number of nitrogens with one attached hydrogen (secondary N) is 1. The van der Waals surface area contributed by atoms with Crippen LogP contribution in [0, 0.1) is 18.3 Å². The first-order valence-corrected chi connectivity index (χ1v) is 13.1. The van der Waals surface area contributed by atoms with Crippen molar-refractivity contribution in [3.05, 3.63) is 94.5 Å². The number of thioether (sulfide) groups is 1. The molecule has 0 aliphatic rings. The van der Waals surface area contributed by atoms with Crippen LogP contribution >= 0.6 is 27.7 Å². The van der Waals surface area contributed by atoms with Crippen LogP contribution in [0.3, 0.4) is 0 Å². The van der Waals surface area contributed by atoms with Gasteiger partial charge in [0.05, 0.1) is 24.1 Å². The smallest absolute Gasteiger partial charge is 0.225 e. The van der Waals surface area contributed by atoms with Gasteiger partial charge in [0.25, 0.3) is 0 Å². The number of hydrogen-bond donors (Lipinski definition) is 1. The summed E-state index contributed by atoms with van der Waals surface area (Å²) in [6.45, 7) is 2.03. The van der Waals surface area contributed by atoms with Crippen LogP contribution in [0.25, 0.3) is 22.4 Å². The number of amides is 1. The van der Waals surface area contributed by atoms with Gasteiger partial charge in [-0.05, 0) is 70.9 Å². The Bertz CT molecular complexity index is 1410. The van der Waals surface area contributed by atoms with E-state index in [9.17, 15) is 10.1 Å². The van der Waals surface area contributed by atoms with Gasteiger partial charge in [-0.25, -0.2) is 4.98 Å². The molecule has 4 aromatic rings. The Balaban J connectivity index is 1.63. The maximum atomic E-state index is 12.5. The van der Waals surface area contributed by atoms with Crippen LogP contribution in [0.1, 0.15) is 17.5 Å². The van der Waals surface area contributed by atoms with E-state index in [1.54, 1.807) is 7.11 Å². The monoisotopic (exact) mass is 557 g/mol. The molecular weight excluding hydrogens is 534 g/mol. The van der Waals surface area contributed by atoms with Crippen molar-refractivity contribution in [1.82, 2.24) is 4.98 Å². The lowest BCUT2D eigenvalue weighted by molar-refractivity contribution is -0.115. The number of aryl methyl sites for hydroxylation is 1. The number of aromatic nitrogens is 1. The van der Waals surface area contributed by atoms with Gasteiger partial charge in [-0.3, -0.25) is 4.79 Å². The lowest BCUT2D eigenvalue weighted by atomic mass is 9.98. The SMILES string of the molecule is COc1ccc(-c2cc(-c3ccc(C)cc3)c(C#N)c(SCCC(=O)Nc3ccccc3Br)n2)cc1. The molecule has 0 radical (unpaired) electrons. The third-order valence-corrected chi connectivity index (χ3v) is 7.23. The number of carbonyl (C=O) groups is 1. The van der Waals surface area contributed by atoms with Crippen molar-refractivity contribution in [1.29, 1.82) is 5.26 Å². The van der Waals surface area contributed by atoms with E-state index < -0.39 is 0 Å². The number of para-hydroxylation sites is 1. The predicted molar refractivity (Wildman–Crippen MR) is 149 cm³/mol. The standard InChI is InChI=1S/C29H24BrN3O2S/c1-19-7-9-20(10-8-19)23-17-27(21-11-13-22(35-2)14-12-21)33-29(24(23)18-31)36-16-15-28(34)32-26-6-4-3-5-25(26)30/h3-14,17H,15-16H2,1-2H3,(H,32,34). The third kappa shape index (κ3) is 6.14. The summed E-state index contributed by atoms with van der Waals surface area (Å²) in [5, 5.41) is 13.6. The van der Waals surface area contributed by atoms with Gasteiger partial charge in [0.1, 0.15) is 16.8 Å². The summed E-state index contributed by atoms with van der Waals surface area (Å²) in [7, 11) is 1.63. The van der Waals surface area contributed by atoms with Crippen molar-refractivity contribution in [3.63, 3.8) is 0 Å². The highest BCUT2D eigenvalue weighted by molar-refractivity contribution is 9.10. The van der Waals surface area contributed by atoms with Gasteiger partial charge in [0.15, 0.2) is 0 Å². The molecule has 0 aliphatic heterocycles. The van der Waals surface area contributed by atoms with Gasteiger partial charge >= 0.3 is 0 Å².